The van der Waals surface area contributed by atoms with Crippen molar-refractivity contribution < 1.29 is 14.3 Å². The van der Waals surface area contributed by atoms with Gasteiger partial charge in [-0.2, -0.15) is 0 Å². The van der Waals surface area contributed by atoms with E-state index in [-0.39, 0.29) is 11.1 Å². The zero-order valence-electron chi connectivity index (χ0n) is 11.1. The Balaban J connectivity index is 2.32. The van der Waals surface area contributed by atoms with Crippen molar-refractivity contribution in [2.75, 3.05) is 13.7 Å². The molecule has 5 heteroatoms. The van der Waals surface area contributed by atoms with Crippen molar-refractivity contribution in [1.29, 1.82) is 0 Å². The number of nitrogens with zero attached hydrogens (tertiary/aromatic N) is 1. The third-order valence-electron chi connectivity index (χ3n) is 2.92. The average molecular weight is 277 g/mol. The molecule has 0 aliphatic carbocycles. The summed E-state index contributed by atoms with van der Waals surface area (Å²) in [6.07, 6.45) is 1.72. The van der Waals surface area contributed by atoms with E-state index in [0.29, 0.717) is 11.4 Å². The summed E-state index contributed by atoms with van der Waals surface area (Å²) in [7, 11) is 1.61. The first-order chi connectivity index (χ1) is 9.06. The SMILES string of the molecule is CCN1C(=O)S/C(=C/c2ccc(C)c(OC)c2)C1=O. The first-order valence-corrected chi connectivity index (χ1v) is 6.78. The molecule has 0 bridgehead atoms. The van der Waals surface area contributed by atoms with Crippen LogP contribution in [0.5, 0.6) is 5.75 Å². The first kappa shape index (κ1) is 13.7. The Hall–Kier alpha value is -1.75. The lowest BCUT2D eigenvalue weighted by molar-refractivity contribution is -0.122. The van der Waals surface area contributed by atoms with Crippen LogP contribution >= 0.6 is 11.8 Å². The fraction of sp³-hybridized carbons (Fsp3) is 0.286. The van der Waals surface area contributed by atoms with Crippen molar-refractivity contribution in [2.24, 2.45) is 0 Å². The van der Waals surface area contributed by atoms with Gasteiger partial charge in [0.1, 0.15) is 5.75 Å². The van der Waals surface area contributed by atoms with Gasteiger partial charge in [0.05, 0.1) is 12.0 Å². The lowest BCUT2D eigenvalue weighted by atomic mass is 10.1. The zero-order valence-corrected chi connectivity index (χ0v) is 11.9. The van der Waals surface area contributed by atoms with Crippen molar-refractivity contribution in [3.8, 4) is 5.75 Å². The van der Waals surface area contributed by atoms with E-state index in [1.165, 1.54) is 4.90 Å². The van der Waals surface area contributed by atoms with E-state index in [1.54, 1.807) is 20.1 Å². The molecule has 0 saturated carbocycles. The van der Waals surface area contributed by atoms with E-state index in [0.717, 1.165) is 28.6 Å². The minimum absolute atomic E-state index is 0.210. The summed E-state index contributed by atoms with van der Waals surface area (Å²) in [5.74, 6) is 0.542. The Kier molecular flexibility index (Phi) is 3.95. The predicted molar refractivity (Wildman–Crippen MR) is 76.1 cm³/mol. The second-order valence-electron chi connectivity index (χ2n) is 4.16. The molecule has 1 aliphatic rings. The number of methoxy groups -OCH3 is 1. The van der Waals surface area contributed by atoms with E-state index in [4.69, 9.17) is 4.74 Å². The number of rotatable bonds is 3. The minimum atomic E-state index is -0.225. The van der Waals surface area contributed by atoms with Crippen LogP contribution in [0.15, 0.2) is 23.1 Å². The monoisotopic (exact) mass is 277 g/mol. The number of thioether (sulfide) groups is 1. The van der Waals surface area contributed by atoms with E-state index >= 15 is 0 Å². The van der Waals surface area contributed by atoms with Crippen LogP contribution in [0, 0.1) is 6.92 Å². The highest BCUT2D eigenvalue weighted by Crippen LogP contribution is 2.32. The van der Waals surface area contributed by atoms with E-state index in [2.05, 4.69) is 0 Å². The quantitative estimate of drug-likeness (QED) is 0.797. The predicted octanol–water partition coefficient (Wildman–Crippen LogP) is 3.06. The molecule has 0 atom stereocenters. The van der Waals surface area contributed by atoms with E-state index < -0.39 is 0 Å². The lowest BCUT2D eigenvalue weighted by Gasteiger charge is -2.07. The topological polar surface area (TPSA) is 46.6 Å². The summed E-state index contributed by atoms with van der Waals surface area (Å²) in [6.45, 7) is 4.14. The molecule has 1 aliphatic heterocycles. The van der Waals surface area contributed by atoms with Crippen LogP contribution in [0.2, 0.25) is 0 Å². The number of benzene rings is 1. The number of aryl methyl sites for hydroxylation is 1. The maximum absolute atomic E-state index is 12.0. The van der Waals surface area contributed by atoms with Gasteiger partial charge in [0.25, 0.3) is 11.1 Å². The minimum Gasteiger partial charge on any atom is -0.496 e. The Bertz CT molecular complexity index is 566. The van der Waals surface area contributed by atoms with Gasteiger partial charge in [-0.1, -0.05) is 12.1 Å². The van der Waals surface area contributed by atoms with Gasteiger partial charge >= 0.3 is 0 Å². The standard InChI is InChI=1S/C14H15NO3S/c1-4-15-13(16)12(19-14(15)17)8-10-6-5-9(2)11(7-10)18-3/h5-8H,4H2,1-3H3/b12-8+. The van der Waals surface area contributed by atoms with Crippen molar-refractivity contribution >= 4 is 29.0 Å². The highest BCUT2D eigenvalue weighted by Gasteiger charge is 2.33. The highest BCUT2D eigenvalue weighted by molar-refractivity contribution is 8.18. The number of ether oxygens (including phenoxy) is 1. The molecule has 19 heavy (non-hydrogen) atoms. The molecule has 0 spiro atoms. The molecule has 100 valence electrons. The summed E-state index contributed by atoms with van der Waals surface area (Å²) in [5.41, 5.74) is 1.88. The van der Waals surface area contributed by atoms with Gasteiger partial charge in [-0.3, -0.25) is 14.5 Å². The Morgan fingerprint density at radius 3 is 2.68 bits per heavy atom. The van der Waals surface area contributed by atoms with Crippen LogP contribution in [-0.4, -0.2) is 29.7 Å². The summed E-state index contributed by atoms with van der Waals surface area (Å²) in [6, 6.07) is 5.68. The van der Waals surface area contributed by atoms with E-state index in [1.807, 2.05) is 25.1 Å². The van der Waals surface area contributed by atoms with Crippen LogP contribution in [0.4, 0.5) is 4.79 Å². The van der Waals surface area contributed by atoms with Crippen molar-refractivity contribution in [2.45, 2.75) is 13.8 Å². The lowest BCUT2D eigenvalue weighted by Crippen LogP contribution is -2.27. The molecule has 4 nitrogen and oxygen atoms in total. The van der Waals surface area contributed by atoms with Gasteiger partial charge < -0.3 is 4.74 Å². The van der Waals surface area contributed by atoms with Crippen molar-refractivity contribution in [1.82, 2.24) is 4.90 Å². The molecule has 1 heterocycles. The third-order valence-corrected chi connectivity index (χ3v) is 3.83. The number of carbonyl (C=O) groups is 2. The maximum Gasteiger partial charge on any atom is 0.293 e. The molecule has 0 N–H and O–H groups in total. The fourth-order valence-electron chi connectivity index (χ4n) is 1.85. The molecule has 1 aromatic carbocycles. The smallest absolute Gasteiger partial charge is 0.293 e. The number of likely N-dealkylation sites (N-methyl/N-ethyl adjacent to an activating group) is 1. The Labute approximate surface area is 116 Å². The summed E-state index contributed by atoms with van der Waals surface area (Å²) in [4.78, 5) is 25.2. The van der Waals surface area contributed by atoms with Gasteiger partial charge in [0, 0.05) is 6.54 Å². The highest BCUT2D eigenvalue weighted by atomic mass is 32.2. The van der Waals surface area contributed by atoms with E-state index in [9.17, 15) is 9.59 Å². The summed E-state index contributed by atoms with van der Waals surface area (Å²) >= 11 is 0.977. The van der Waals surface area contributed by atoms with Crippen LogP contribution in [0.25, 0.3) is 6.08 Å². The number of hydrogen-bond donors (Lipinski definition) is 0. The van der Waals surface area contributed by atoms with Crippen LogP contribution in [0.1, 0.15) is 18.1 Å². The maximum atomic E-state index is 12.0. The third kappa shape index (κ3) is 2.66. The van der Waals surface area contributed by atoms with Crippen molar-refractivity contribution in [3.63, 3.8) is 0 Å². The molecule has 2 amide bonds. The van der Waals surface area contributed by atoms with Gasteiger partial charge in [0.15, 0.2) is 0 Å². The Morgan fingerprint density at radius 2 is 2.11 bits per heavy atom. The molecule has 1 aromatic rings. The van der Waals surface area contributed by atoms with Crippen LogP contribution < -0.4 is 4.74 Å². The molecule has 1 fully saturated rings. The van der Waals surface area contributed by atoms with Gasteiger partial charge in [-0.05, 0) is 48.9 Å². The molecular weight excluding hydrogens is 262 g/mol. The van der Waals surface area contributed by atoms with Crippen LogP contribution in [0.3, 0.4) is 0 Å². The number of carbonyl (C=O) groups excluding carboxylic acids is 2. The molecule has 0 aromatic heterocycles. The Morgan fingerprint density at radius 1 is 1.37 bits per heavy atom. The number of hydrogen-bond acceptors (Lipinski definition) is 4. The summed E-state index contributed by atoms with van der Waals surface area (Å²) in [5, 5.41) is -0.210. The van der Waals surface area contributed by atoms with Crippen LogP contribution in [-0.2, 0) is 4.79 Å². The zero-order chi connectivity index (χ0) is 14.0. The first-order valence-electron chi connectivity index (χ1n) is 5.96. The second kappa shape index (κ2) is 5.48. The number of imide groups is 1. The second-order valence-corrected chi connectivity index (χ2v) is 5.15. The number of amides is 2. The largest absolute Gasteiger partial charge is 0.496 e. The van der Waals surface area contributed by atoms with Gasteiger partial charge in [-0.25, -0.2) is 0 Å². The molecule has 2 rings (SSSR count). The van der Waals surface area contributed by atoms with Crippen molar-refractivity contribution in [3.05, 3.63) is 34.2 Å². The summed E-state index contributed by atoms with van der Waals surface area (Å²) < 4.78 is 5.24. The fourth-order valence-corrected chi connectivity index (χ4v) is 2.75. The normalized spacial score (nSPS) is 17.4. The van der Waals surface area contributed by atoms with Gasteiger partial charge in [-0.15, -0.1) is 0 Å². The molecule has 1 saturated heterocycles. The molecule has 0 unspecified atom stereocenters. The average Bonchev–Trinajstić information content (AvgIpc) is 2.66. The van der Waals surface area contributed by atoms with Gasteiger partial charge in [0.2, 0.25) is 0 Å². The molecule has 0 radical (unpaired) electrons. The molecular formula is C14H15NO3S.